The first-order chi connectivity index (χ1) is 12.9. The largest absolute Gasteiger partial charge is 0.419 e. The van der Waals surface area contributed by atoms with Crippen LogP contribution in [0.2, 0.25) is 0 Å². The number of carbonyl (C=O) groups is 1. The predicted octanol–water partition coefficient (Wildman–Crippen LogP) is 5.03. The van der Waals surface area contributed by atoms with Gasteiger partial charge in [-0.1, -0.05) is 42.1 Å². The number of hydrogen-bond donors (Lipinski definition) is 0. The van der Waals surface area contributed by atoms with Crippen molar-refractivity contribution in [2.45, 2.75) is 29.8 Å². The van der Waals surface area contributed by atoms with Gasteiger partial charge in [-0.2, -0.15) is 18.3 Å². The van der Waals surface area contributed by atoms with Crippen LogP contribution in [-0.4, -0.2) is 20.7 Å². The normalized spacial score (nSPS) is 12.7. The first kappa shape index (κ1) is 19.2. The number of aromatic nitrogens is 3. The predicted molar refractivity (Wildman–Crippen MR) is 96.5 cm³/mol. The molecule has 1 atom stereocenters. The van der Waals surface area contributed by atoms with Crippen molar-refractivity contribution in [2.24, 2.45) is 0 Å². The van der Waals surface area contributed by atoms with E-state index in [-0.39, 0.29) is 17.4 Å². The van der Waals surface area contributed by atoms with E-state index in [1.807, 2.05) is 30.3 Å². The molecule has 4 nitrogen and oxygen atoms in total. The SMILES string of the molecule is CC(Sc1ncccc1C(F)(F)F)c1ccnn1C(=O)Cc1ccccc1. The van der Waals surface area contributed by atoms with E-state index in [4.69, 9.17) is 0 Å². The van der Waals surface area contributed by atoms with Gasteiger partial charge in [-0.3, -0.25) is 4.79 Å². The zero-order chi connectivity index (χ0) is 19.4. The molecule has 0 amide bonds. The van der Waals surface area contributed by atoms with Crippen molar-refractivity contribution in [3.8, 4) is 0 Å². The minimum Gasteiger partial charge on any atom is -0.272 e. The Balaban J connectivity index is 1.81. The maximum Gasteiger partial charge on any atom is 0.419 e. The van der Waals surface area contributed by atoms with Crippen LogP contribution in [0, 0.1) is 0 Å². The highest BCUT2D eigenvalue weighted by molar-refractivity contribution is 7.99. The van der Waals surface area contributed by atoms with E-state index in [1.54, 1.807) is 13.0 Å². The van der Waals surface area contributed by atoms with Gasteiger partial charge in [0.25, 0.3) is 5.91 Å². The van der Waals surface area contributed by atoms with Crippen LogP contribution in [-0.2, 0) is 12.6 Å². The molecule has 0 bridgehead atoms. The summed E-state index contributed by atoms with van der Waals surface area (Å²) >= 11 is 0.948. The van der Waals surface area contributed by atoms with Crippen LogP contribution in [0.15, 0.2) is 66.0 Å². The molecule has 140 valence electrons. The lowest BCUT2D eigenvalue weighted by atomic mass is 10.1. The molecule has 0 spiro atoms. The average Bonchev–Trinajstić information content (AvgIpc) is 3.12. The van der Waals surface area contributed by atoms with Crippen LogP contribution >= 0.6 is 11.8 Å². The Hall–Kier alpha value is -2.61. The summed E-state index contributed by atoms with van der Waals surface area (Å²) in [5, 5.41) is 3.49. The summed E-state index contributed by atoms with van der Waals surface area (Å²) in [7, 11) is 0. The molecular formula is C19H16F3N3OS. The molecule has 1 unspecified atom stereocenters. The zero-order valence-corrected chi connectivity index (χ0v) is 15.2. The molecule has 0 aliphatic carbocycles. The van der Waals surface area contributed by atoms with E-state index in [0.29, 0.717) is 5.69 Å². The van der Waals surface area contributed by atoms with Gasteiger partial charge < -0.3 is 0 Å². The molecule has 2 aromatic heterocycles. The fraction of sp³-hybridized carbons (Fsp3) is 0.211. The number of benzene rings is 1. The molecule has 0 N–H and O–H groups in total. The summed E-state index contributed by atoms with van der Waals surface area (Å²) in [5.41, 5.74) is 0.580. The molecule has 3 rings (SSSR count). The highest BCUT2D eigenvalue weighted by Crippen LogP contribution is 2.40. The van der Waals surface area contributed by atoms with Crippen molar-refractivity contribution in [3.05, 3.63) is 77.7 Å². The standard InChI is InChI=1S/C19H16F3N3OS/c1-13(27-18-15(19(20,21)22)8-5-10-23-18)16-9-11-24-25(16)17(26)12-14-6-3-2-4-7-14/h2-11,13H,12H2,1H3. The molecule has 0 saturated carbocycles. The van der Waals surface area contributed by atoms with Crippen molar-refractivity contribution in [2.75, 3.05) is 0 Å². The van der Waals surface area contributed by atoms with Crippen molar-refractivity contribution in [1.29, 1.82) is 0 Å². The van der Waals surface area contributed by atoms with E-state index in [0.717, 1.165) is 23.4 Å². The number of pyridine rings is 1. The van der Waals surface area contributed by atoms with Gasteiger partial charge in [-0.25, -0.2) is 9.67 Å². The second-order valence-electron chi connectivity index (χ2n) is 5.84. The monoisotopic (exact) mass is 391 g/mol. The Labute approximate surface area is 158 Å². The highest BCUT2D eigenvalue weighted by Gasteiger charge is 2.34. The van der Waals surface area contributed by atoms with E-state index < -0.39 is 17.0 Å². The van der Waals surface area contributed by atoms with Crippen molar-refractivity contribution < 1.29 is 18.0 Å². The summed E-state index contributed by atoms with van der Waals surface area (Å²) in [5.74, 6) is -0.245. The lowest BCUT2D eigenvalue weighted by molar-refractivity contribution is -0.140. The van der Waals surface area contributed by atoms with E-state index in [9.17, 15) is 18.0 Å². The fourth-order valence-electron chi connectivity index (χ4n) is 2.60. The van der Waals surface area contributed by atoms with Gasteiger partial charge in [0.15, 0.2) is 0 Å². The van der Waals surface area contributed by atoms with Gasteiger partial charge in [-0.15, -0.1) is 0 Å². The summed E-state index contributed by atoms with van der Waals surface area (Å²) < 4.78 is 40.7. The van der Waals surface area contributed by atoms with Crippen molar-refractivity contribution >= 4 is 17.7 Å². The van der Waals surface area contributed by atoms with Gasteiger partial charge >= 0.3 is 6.18 Å². The molecule has 0 saturated heterocycles. The van der Waals surface area contributed by atoms with Gasteiger partial charge in [0.05, 0.1) is 22.9 Å². The van der Waals surface area contributed by atoms with Crippen LogP contribution < -0.4 is 0 Å². The number of thioether (sulfide) groups is 1. The topological polar surface area (TPSA) is 47.8 Å². The van der Waals surface area contributed by atoms with Crippen LogP contribution in [0.3, 0.4) is 0 Å². The third kappa shape index (κ3) is 4.57. The summed E-state index contributed by atoms with van der Waals surface area (Å²) in [6, 6.07) is 13.1. The first-order valence-electron chi connectivity index (χ1n) is 8.16. The van der Waals surface area contributed by atoms with E-state index >= 15 is 0 Å². The number of hydrogen-bond acceptors (Lipinski definition) is 4. The molecular weight excluding hydrogens is 375 g/mol. The number of halogens is 3. The molecule has 0 aliphatic rings. The quantitative estimate of drug-likeness (QED) is 0.572. The smallest absolute Gasteiger partial charge is 0.272 e. The van der Waals surface area contributed by atoms with Crippen LogP contribution in [0.5, 0.6) is 0 Å². The molecule has 8 heteroatoms. The van der Waals surface area contributed by atoms with E-state index in [1.165, 1.54) is 23.1 Å². The van der Waals surface area contributed by atoms with Crippen molar-refractivity contribution in [3.63, 3.8) is 0 Å². The third-order valence-electron chi connectivity index (χ3n) is 3.89. The Bertz CT molecular complexity index is 925. The van der Waals surface area contributed by atoms with Gasteiger partial charge in [-0.05, 0) is 30.7 Å². The van der Waals surface area contributed by atoms with Gasteiger partial charge in [0, 0.05) is 12.4 Å². The van der Waals surface area contributed by atoms with Gasteiger partial charge in [0.1, 0.15) is 5.03 Å². The number of alkyl halides is 3. The minimum atomic E-state index is -4.49. The molecule has 3 aromatic rings. The maximum atomic E-state index is 13.2. The van der Waals surface area contributed by atoms with Crippen LogP contribution in [0.1, 0.15) is 33.8 Å². The Morgan fingerprint density at radius 2 is 1.85 bits per heavy atom. The van der Waals surface area contributed by atoms with Crippen molar-refractivity contribution in [1.82, 2.24) is 14.8 Å². The van der Waals surface area contributed by atoms with Gasteiger partial charge in [0.2, 0.25) is 0 Å². The second kappa shape index (κ2) is 7.96. The number of carbonyl (C=O) groups excluding carboxylic acids is 1. The second-order valence-corrected chi connectivity index (χ2v) is 7.17. The lowest BCUT2D eigenvalue weighted by Gasteiger charge is -2.16. The highest BCUT2D eigenvalue weighted by atomic mass is 32.2. The maximum absolute atomic E-state index is 13.2. The zero-order valence-electron chi connectivity index (χ0n) is 14.3. The number of rotatable bonds is 5. The van der Waals surface area contributed by atoms with Crippen LogP contribution in [0.25, 0.3) is 0 Å². The lowest BCUT2D eigenvalue weighted by Crippen LogP contribution is -2.18. The third-order valence-corrected chi connectivity index (χ3v) is 5.03. The number of nitrogens with zero attached hydrogens (tertiary/aromatic N) is 3. The molecule has 0 radical (unpaired) electrons. The summed E-state index contributed by atoms with van der Waals surface area (Å²) in [6.45, 7) is 1.73. The van der Waals surface area contributed by atoms with Crippen LogP contribution in [0.4, 0.5) is 13.2 Å². The minimum absolute atomic E-state index is 0.124. The van der Waals surface area contributed by atoms with E-state index in [2.05, 4.69) is 10.1 Å². The first-order valence-corrected chi connectivity index (χ1v) is 9.04. The Kier molecular flexibility index (Phi) is 5.65. The Morgan fingerprint density at radius 1 is 1.11 bits per heavy atom. The molecule has 0 aliphatic heterocycles. The molecule has 27 heavy (non-hydrogen) atoms. The molecule has 0 fully saturated rings. The fourth-order valence-corrected chi connectivity index (χ4v) is 3.67. The molecule has 1 aromatic carbocycles. The average molecular weight is 391 g/mol. The summed E-state index contributed by atoms with van der Waals surface area (Å²) in [4.78, 5) is 16.4. The molecule has 2 heterocycles. The summed E-state index contributed by atoms with van der Waals surface area (Å²) in [6.07, 6.45) is -1.54. The Morgan fingerprint density at radius 3 is 2.56 bits per heavy atom.